The summed E-state index contributed by atoms with van der Waals surface area (Å²) in [4.78, 5) is 53.0. The number of thioether (sulfide) groups is 2. The summed E-state index contributed by atoms with van der Waals surface area (Å²) in [5.74, 6) is -1.45. The second kappa shape index (κ2) is 12.3. The molecule has 0 unspecified atom stereocenters. The summed E-state index contributed by atoms with van der Waals surface area (Å²) < 4.78 is 0. The molecule has 2 aromatic rings. The van der Waals surface area contributed by atoms with E-state index < -0.39 is 23.8 Å². The first-order chi connectivity index (χ1) is 16.7. The van der Waals surface area contributed by atoms with Crippen molar-refractivity contribution in [3.05, 3.63) is 69.6 Å². The molecule has 0 aliphatic carbocycles. The third-order valence-corrected chi connectivity index (χ3v) is 7.26. The third-order valence-electron chi connectivity index (χ3n) is 5.28. The topological polar surface area (TPSA) is 95.6 Å². The number of nitrogens with one attached hydrogen (secondary N) is 2. The van der Waals surface area contributed by atoms with E-state index in [2.05, 4.69) is 10.6 Å². The number of amides is 4. The van der Waals surface area contributed by atoms with Gasteiger partial charge in [0.1, 0.15) is 6.04 Å². The molecule has 0 saturated carbocycles. The average molecular weight is 532 g/mol. The Balaban J connectivity index is 1.57. The lowest BCUT2D eigenvalue weighted by molar-refractivity contribution is -0.125. The van der Waals surface area contributed by atoms with Gasteiger partial charge in [0, 0.05) is 18.0 Å². The Labute approximate surface area is 218 Å². The van der Waals surface area contributed by atoms with Gasteiger partial charge in [-0.1, -0.05) is 49.7 Å². The molecule has 35 heavy (non-hydrogen) atoms. The highest BCUT2D eigenvalue weighted by molar-refractivity contribution is 8.18. The smallest absolute Gasteiger partial charge is 0.293 e. The number of rotatable bonds is 9. The third kappa shape index (κ3) is 6.90. The van der Waals surface area contributed by atoms with Crippen molar-refractivity contribution in [2.24, 2.45) is 5.92 Å². The minimum Gasteiger partial charge on any atom is -0.353 e. The predicted molar refractivity (Wildman–Crippen MR) is 141 cm³/mol. The van der Waals surface area contributed by atoms with Gasteiger partial charge in [0.2, 0.25) is 5.91 Å². The van der Waals surface area contributed by atoms with Crippen molar-refractivity contribution in [2.75, 3.05) is 19.3 Å². The van der Waals surface area contributed by atoms with Crippen LogP contribution in [0.5, 0.6) is 0 Å². The maximum atomic E-state index is 12.8. The summed E-state index contributed by atoms with van der Waals surface area (Å²) in [6, 6.07) is 13.5. The molecule has 1 saturated heterocycles. The van der Waals surface area contributed by atoms with E-state index in [1.54, 1.807) is 42.1 Å². The summed E-state index contributed by atoms with van der Waals surface area (Å²) >= 11 is 8.58. The van der Waals surface area contributed by atoms with Crippen LogP contribution < -0.4 is 10.6 Å². The predicted octanol–water partition coefficient (Wildman–Crippen LogP) is 4.67. The van der Waals surface area contributed by atoms with Crippen molar-refractivity contribution in [2.45, 2.75) is 24.8 Å². The molecule has 10 heteroatoms. The normalized spacial score (nSPS) is 15.6. The fraction of sp³-hybridized carbons (Fsp3) is 0.280. The standard InChI is InChI=1S/C25H26ClN3O4S2/c1-15(2)21(28-22(30)18-6-4-5-7-19(18)26)23(31)27-12-13-29-24(32)20(35-25(29)33)14-16-8-10-17(34-3)11-9-16/h4-11,14-15,21H,12-13H2,1-3H3,(H,27,31)(H,28,30)/b20-14-/t21-/m0/s1. The summed E-state index contributed by atoms with van der Waals surface area (Å²) in [5.41, 5.74) is 1.11. The molecule has 1 aliphatic heterocycles. The molecule has 7 nitrogen and oxygen atoms in total. The first kappa shape index (κ1) is 26.8. The van der Waals surface area contributed by atoms with Crippen molar-refractivity contribution in [1.29, 1.82) is 0 Å². The van der Waals surface area contributed by atoms with Crippen LogP contribution in [0.15, 0.2) is 58.3 Å². The van der Waals surface area contributed by atoms with Gasteiger partial charge in [-0.2, -0.15) is 0 Å². The van der Waals surface area contributed by atoms with Crippen molar-refractivity contribution < 1.29 is 19.2 Å². The first-order valence-corrected chi connectivity index (χ1v) is 13.4. The van der Waals surface area contributed by atoms with Crippen LogP contribution in [0.3, 0.4) is 0 Å². The average Bonchev–Trinajstić information content (AvgIpc) is 3.10. The van der Waals surface area contributed by atoms with Crippen molar-refractivity contribution in [3.63, 3.8) is 0 Å². The number of carbonyl (C=O) groups excluding carboxylic acids is 4. The molecule has 0 aromatic heterocycles. The van der Waals surface area contributed by atoms with Crippen molar-refractivity contribution in [3.8, 4) is 0 Å². The fourth-order valence-electron chi connectivity index (χ4n) is 3.34. The van der Waals surface area contributed by atoms with Crippen LogP contribution in [-0.2, 0) is 9.59 Å². The largest absolute Gasteiger partial charge is 0.353 e. The number of carbonyl (C=O) groups is 4. The van der Waals surface area contributed by atoms with Crippen LogP contribution in [0.25, 0.3) is 6.08 Å². The van der Waals surface area contributed by atoms with Crippen LogP contribution in [0, 0.1) is 5.92 Å². The van der Waals surface area contributed by atoms with Gasteiger partial charge in [0.05, 0.1) is 15.5 Å². The Morgan fingerprint density at radius 3 is 2.43 bits per heavy atom. The molecule has 1 aliphatic rings. The number of benzene rings is 2. The lowest BCUT2D eigenvalue weighted by Crippen LogP contribution is -2.51. The molecule has 1 fully saturated rings. The van der Waals surface area contributed by atoms with Gasteiger partial charge in [-0.3, -0.25) is 24.1 Å². The summed E-state index contributed by atoms with van der Waals surface area (Å²) in [5, 5.41) is 5.34. The molecule has 4 amide bonds. The van der Waals surface area contributed by atoms with Crippen LogP contribution in [0.4, 0.5) is 4.79 Å². The van der Waals surface area contributed by atoms with E-state index >= 15 is 0 Å². The van der Waals surface area contributed by atoms with Gasteiger partial charge < -0.3 is 10.6 Å². The number of hydrogen-bond donors (Lipinski definition) is 2. The molecule has 3 rings (SSSR count). The maximum Gasteiger partial charge on any atom is 0.293 e. The molecule has 2 aromatic carbocycles. The second-order valence-corrected chi connectivity index (χ2v) is 10.4. The van der Waals surface area contributed by atoms with E-state index in [4.69, 9.17) is 11.6 Å². The number of hydrogen-bond acceptors (Lipinski definition) is 6. The van der Waals surface area contributed by atoms with Crippen LogP contribution in [-0.4, -0.2) is 53.2 Å². The van der Waals surface area contributed by atoms with E-state index in [1.807, 2.05) is 44.4 Å². The highest BCUT2D eigenvalue weighted by Crippen LogP contribution is 2.32. The molecule has 1 heterocycles. The Hall–Kier alpha value is -2.75. The molecule has 1 atom stereocenters. The Kier molecular flexibility index (Phi) is 9.42. The molecule has 0 bridgehead atoms. The van der Waals surface area contributed by atoms with E-state index in [0.717, 1.165) is 27.1 Å². The maximum absolute atomic E-state index is 12.8. The molecule has 2 N–H and O–H groups in total. The summed E-state index contributed by atoms with van der Waals surface area (Å²) in [7, 11) is 0. The fourth-order valence-corrected chi connectivity index (χ4v) is 4.84. The highest BCUT2D eigenvalue weighted by Gasteiger charge is 2.35. The number of halogens is 1. The van der Waals surface area contributed by atoms with Crippen molar-refractivity contribution in [1.82, 2.24) is 15.5 Å². The van der Waals surface area contributed by atoms with Gasteiger partial charge in [0.25, 0.3) is 17.1 Å². The van der Waals surface area contributed by atoms with Gasteiger partial charge >= 0.3 is 0 Å². The van der Waals surface area contributed by atoms with Crippen LogP contribution in [0.2, 0.25) is 5.02 Å². The molecular weight excluding hydrogens is 506 g/mol. The lowest BCUT2D eigenvalue weighted by Gasteiger charge is -2.22. The SMILES string of the molecule is CSc1ccc(/C=C2\SC(=O)N(CCNC(=O)[C@@H](NC(=O)c3ccccc3Cl)C(C)C)C2=O)cc1. The van der Waals surface area contributed by atoms with Gasteiger partial charge in [-0.05, 0) is 59.8 Å². The molecular formula is C25H26ClN3O4S2. The molecule has 0 spiro atoms. The molecule has 0 radical (unpaired) electrons. The van der Waals surface area contributed by atoms with Crippen LogP contribution in [0.1, 0.15) is 29.8 Å². The van der Waals surface area contributed by atoms with Crippen LogP contribution >= 0.6 is 35.1 Å². The quantitative estimate of drug-likeness (QED) is 0.360. The van der Waals surface area contributed by atoms with Gasteiger partial charge in [-0.25, -0.2) is 0 Å². The van der Waals surface area contributed by atoms with E-state index in [0.29, 0.717) is 9.93 Å². The Morgan fingerprint density at radius 2 is 1.80 bits per heavy atom. The Morgan fingerprint density at radius 1 is 1.11 bits per heavy atom. The zero-order valence-electron chi connectivity index (χ0n) is 19.5. The van der Waals surface area contributed by atoms with E-state index in [-0.39, 0.29) is 29.8 Å². The lowest BCUT2D eigenvalue weighted by atomic mass is 10.0. The van der Waals surface area contributed by atoms with E-state index in [9.17, 15) is 19.2 Å². The zero-order chi connectivity index (χ0) is 25.5. The van der Waals surface area contributed by atoms with Gasteiger partial charge in [0.15, 0.2) is 0 Å². The summed E-state index contributed by atoms with van der Waals surface area (Å²) in [6.07, 6.45) is 3.67. The minimum atomic E-state index is -0.808. The first-order valence-electron chi connectivity index (χ1n) is 10.9. The number of nitrogens with zero attached hydrogens (tertiary/aromatic N) is 1. The van der Waals surface area contributed by atoms with Gasteiger partial charge in [-0.15, -0.1) is 11.8 Å². The van der Waals surface area contributed by atoms with Crippen molar-refractivity contribution >= 4 is 64.2 Å². The minimum absolute atomic E-state index is 0.0302. The summed E-state index contributed by atoms with van der Waals surface area (Å²) in [6.45, 7) is 3.72. The molecule has 184 valence electrons. The monoisotopic (exact) mass is 531 g/mol. The number of imide groups is 1. The van der Waals surface area contributed by atoms with E-state index in [1.165, 1.54) is 0 Å². The highest BCUT2D eigenvalue weighted by atomic mass is 35.5. The zero-order valence-corrected chi connectivity index (χ0v) is 21.9. The second-order valence-electron chi connectivity index (χ2n) is 8.07. The Bertz CT molecular complexity index is 1150.